The van der Waals surface area contributed by atoms with Gasteiger partial charge in [0, 0.05) is 12.6 Å². The number of aliphatic hydroxyl groups excluding tert-OH is 1. The van der Waals surface area contributed by atoms with Gasteiger partial charge in [0.15, 0.2) is 0 Å². The Morgan fingerprint density at radius 3 is 2.42 bits per heavy atom. The summed E-state index contributed by atoms with van der Waals surface area (Å²) in [5.41, 5.74) is 0.863. The van der Waals surface area contributed by atoms with Gasteiger partial charge in [0.25, 0.3) is 0 Å². The van der Waals surface area contributed by atoms with Crippen LogP contribution in [-0.4, -0.2) is 36.4 Å². The predicted octanol–water partition coefficient (Wildman–Crippen LogP) is 3.27. The molecule has 0 aliphatic carbocycles. The zero-order chi connectivity index (χ0) is 18.2. The highest BCUT2D eigenvalue weighted by atomic mass is 79.9. The number of para-hydroxylation sites is 1. The number of aliphatic hydroxyl groups is 1. The van der Waals surface area contributed by atoms with Crippen molar-refractivity contribution in [3.63, 3.8) is 0 Å². The van der Waals surface area contributed by atoms with E-state index in [-0.39, 0.29) is 46.8 Å². The molecular formula is C18H23BrN2O5. The first-order chi connectivity index (χ1) is 12.0. The van der Waals surface area contributed by atoms with E-state index in [0.717, 1.165) is 5.56 Å². The van der Waals surface area contributed by atoms with E-state index in [1.54, 1.807) is 6.07 Å². The van der Waals surface area contributed by atoms with Gasteiger partial charge in [0.1, 0.15) is 12.7 Å². The number of halogens is 1. The highest BCUT2D eigenvalue weighted by Crippen LogP contribution is 2.36. The zero-order valence-electron chi connectivity index (χ0n) is 14.6. The summed E-state index contributed by atoms with van der Waals surface area (Å²) >= 11 is 0. The third-order valence-electron chi connectivity index (χ3n) is 3.75. The van der Waals surface area contributed by atoms with Crippen LogP contribution in [0.15, 0.2) is 48.5 Å². The quantitative estimate of drug-likeness (QED) is 0.471. The van der Waals surface area contributed by atoms with Crippen molar-refractivity contribution in [2.24, 2.45) is 0 Å². The van der Waals surface area contributed by atoms with Crippen LogP contribution in [0.4, 0.5) is 5.69 Å². The van der Waals surface area contributed by atoms with Gasteiger partial charge in [-0.15, -0.1) is 17.0 Å². The van der Waals surface area contributed by atoms with Gasteiger partial charge in [-0.25, -0.2) is 0 Å². The molecule has 0 saturated carbocycles. The Morgan fingerprint density at radius 1 is 1.15 bits per heavy atom. The number of nitro benzene ring substituents is 1. The van der Waals surface area contributed by atoms with Crippen molar-refractivity contribution in [2.45, 2.75) is 19.1 Å². The molecule has 2 atom stereocenters. The van der Waals surface area contributed by atoms with Crippen molar-refractivity contribution in [2.75, 3.05) is 20.3 Å². The van der Waals surface area contributed by atoms with Crippen molar-refractivity contribution in [1.82, 2.24) is 5.32 Å². The molecule has 0 heterocycles. The SMILES string of the molecule is Br.COc1cccc(OCC(O)CN[C@H](C)c2ccccc2)c1[N+](=O)[O-]. The maximum Gasteiger partial charge on any atom is 0.352 e. The lowest BCUT2D eigenvalue weighted by Gasteiger charge is -2.18. The van der Waals surface area contributed by atoms with Crippen LogP contribution >= 0.6 is 17.0 Å². The van der Waals surface area contributed by atoms with E-state index < -0.39 is 11.0 Å². The van der Waals surface area contributed by atoms with E-state index >= 15 is 0 Å². The van der Waals surface area contributed by atoms with E-state index in [1.807, 2.05) is 37.3 Å². The first-order valence-corrected chi connectivity index (χ1v) is 7.93. The summed E-state index contributed by atoms with van der Waals surface area (Å²) in [7, 11) is 1.36. The average Bonchev–Trinajstić information content (AvgIpc) is 2.64. The number of rotatable bonds is 9. The Balaban J connectivity index is 0.00000338. The van der Waals surface area contributed by atoms with Crippen LogP contribution in [0.2, 0.25) is 0 Å². The molecule has 2 aromatic rings. The third kappa shape index (κ3) is 5.98. The summed E-state index contributed by atoms with van der Waals surface area (Å²) in [6.45, 7) is 2.23. The maximum absolute atomic E-state index is 11.2. The lowest BCUT2D eigenvalue weighted by atomic mass is 10.1. The Labute approximate surface area is 162 Å². The number of ether oxygens (including phenoxy) is 2. The van der Waals surface area contributed by atoms with Crippen molar-refractivity contribution in [3.05, 3.63) is 64.2 Å². The number of benzene rings is 2. The summed E-state index contributed by atoms with van der Waals surface area (Å²) in [5.74, 6) is 0.187. The molecule has 2 rings (SSSR count). The number of hydrogen-bond acceptors (Lipinski definition) is 6. The Bertz CT molecular complexity index is 699. The summed E-state index contributed by atoms with van der Waals surface area (Å²) in [5, 5.41) is 24.5. The second kappa shape index (κ2) is 10.7. The van der Waals surface area contributed by atoms with Crippen LogP contribution in [0.5, 0.6) is 11.5 Å². The van der Waals surface area contributed by atoms with Gasteiger partial charge >= 0.3 is 5.69 Å². The van der Waals surface area contributed by atoms with E-state index in [0.29, 0.717) is 6.54 Å². The van der Waals surface area contributed by atoms with Crippen LogP contribution in [-0.2, 0) is 0 Å². The molecule has 0 aromatic heterocycles. The maximum atomic E-state index is 11.2. The Hall–Kier alpha value is -2.16. The summed E-state index contributed by atoms with van der Waals surface area (Å²) in [6, 6.07) is 14.5. The zero-order valence-corrected chi connectivity index (χ0v) is 16.3. The molecule has 0 aliphatic rings. The first-order valence-electron chi connectivity index (χ1n) is 7.93. The second-order valence-electron chi connectivity index (χ2n) is 5.57. The Kier molecular flexibility index (Phi) is 9.04. The molecular weight excluding hydrogens is 404 g/mol. The van der Waals surface area contributed by atoms with E-state index in [1.165, 1.54) is 19.2 Å². The largest absolute Gasteiger partial charge is 0.490 e. The highest BCUT2D eigenvalue weighted by molar-refractivity contribution is 8.93. The topological polar surface area (TPSA) is 93.9 Å². The van der Waals surface area contributed by atoms with Gasteiger partial charge in [-0.3, -0.25) is 10.1 Å². The molecule has 0 saturated heterocycles. The van der Waals surface area contributed by atoms with Crippen LogP contribution in [0.1, 0.15) is 18.5 Å². The fourth-order valence-corrected chi connectivity index (χ4v) is 2.38. The van der Waals surface area contributed by atoms with Gasteiger partial charge in [0.05, 0.1) is 12.0 Å². The second-order valence-corrected chi connectivity index (χ2v) is 5.57. The van der Waals surface area contributed by atoms with Crippen LogP contribution in [0.3, 0.4) is 0 Å². The minimum Gasteiger partial charge on any atom is -0.490 e. The van der Waals surface area contributed by atoms with Gasteiger partial charge in [0.2, 0.25) is 11.5 Å². The van der Waals surface area contributed by atoms with Crippen molar-refractivity contribution < 1.29 is 19.5 Å². The molecule has 0 bridgehead atoms. The molecule has 0 amide bonds. The van der Waals surface area contributed by atoms with E-state index in [4.69, 9.17) is 9.47 Å². The van der Waals surface area contributed by atoms with Gasteiger partial charge in [-0.2, -0.15) is 0 Å². The highest BCUT2D eigenvalue weighted by Gasteiger charge is 2.22. The standard InChI is InChI=1S/C18H22N2O5.BrH/c1-13(14-7-4-3-5-8-14)19-11-15(21)12-25-17-10-6-9-16(24-2)18(17)20(22)23;/h3-10,13,15,19,21H,11-12H2,1-2H3;1H/t13-,15?;/m1./s1. The molecule has 0 aliphatic heterocycles. The van der Waals surface area contributed by atoms with Crippen LogP contribution in [0, 0.1) is 10.1 Å². The lowest BCUT2D eigenvalue weighted by Crippen LogP contribution is -2.33. The number of nitrogens with zero attached hydrogens (tertiary/aromatic N) is 1. The fourth-order valence-electron chi connectivity index (χ4n) is 2.38. The van der Waals surface area contributed by atoms with Gasteiger partial charge < -0.3 is 19.9 Å². The summed E-state index contributed by atoms with van der Waals surface area (Å²) in [6.07, 6.45) is -0.808. The Morgan fingerprint density at radius 2 is 1.81 bits per heavy atom. The number of nitrogens with one attached hydrogen (secondary N) is 1. The minimum absolute atomic E-state index is 0. The predicted molar refractivity (Wildman–Crippen MR) is 104 cm³/mol. The first kappa shape index (κ1) is 21.9. The van der Waals surface area contributed by atoms with Crippen LogP contribution in [0.25, 0.3) is 0 Å². The van der Waals surface area contributed by atoms with Gasteiger partial charge in [-0.1, -0.05) is 36.4 Å². The molecule has 2 aromatic carbocycles. The lowest BCUT2D eigenvalue weighted by molar-refractivity contribution is -0.386. The van der Waals surface area contributed by atoms with Crippen LogP contribution < -0.4 is 14.8 Å². The molecule has 142 valence electrons. The van der Waals surface area contributed by atoms with Crippen molar-refractivity contribution >= 4 is 22.7 Å². The fraction of sp³-hybridized carbons (Fsp3) is 0.333. The van der Waals surface area contributed by atoms with E-state index in [9.17, 15) is 15.2 Å². The molecule has 8 heteroatoms. The number of methoxy groups -OCH3 is 1. The summed E-state index contributed by atoms with van der Waals surface area (Å²) in [4.78, 5) is 10.6. The molecule has 26 heavy (non-hydrogen) atoms. The molecule has 0 radical (unpaired) electrons. The number of hydrogen-bond donors (Lipinski definition) is 2. The molecule has 0 spiro atoms. The van der Waals surface area contributed by atoms with Crippen molar-refractivity contribution in [1.29, 1.82) is 0 Å². The van der Waals surface area contributed by atoms with Gasteiger partial charge in [-0.05, 0) is 24.6 Å². The molecule has 1 unspecified atom stereocenters. The normalized spacial score (nSPS) is 12.6. The summed E-state index contributed by atoms with van der Waals surface area (Å²) < 4.78 is 10.4. The average molecular weight is 427 g/mol. The third-order valence-corrected chi connectivity index (χ3v) is 3.75. The number of nitro groups is 1. The molecule has 7 nitrogen and oxygen atoms in total. The molecule has 2 N–H and O–H groups in total. The van der Waals surface area contributed by atoms with Crippen molar-refractivity contribution in [3.8, 4) is 11.5 Å². The molecule has 0 fully saturated rings. The monoisotopic (exact) mass is 426 g/mol. The smallest absolute Gasteiger partial charge is 0.352 e. The minimum atomic E-state index is -0.808. The van der Waals surface area contributed by atoms with E-state index in [2.05, 4.69) is 5.32 Å².